The molecule has 9 heteroatoms. The van der Waals surface area contributed by atoms with Crippen LogP contribution in [0, 0.1) is 25.4 Å². The molecule has 13 heavy (non-hydrogen) atoms. The highest BCUT2D eigenvalue weighted by Crippen LogP contribution is 1.77. The van der Waals surface area contributed by atoms with E-state index in [9.17, 15) is 10.1 Å². The van der Waals surface area contributed by atoms with Gasteiger partial charge in [-0.05, 0) is 0 Å². The zero-order valence-corrected chi connectivity index (χ0v) is 7.04. The van der Waals surface area contributed by atoms with Crippen LogP contribution < -0.4 is 5.32 Å². The standard InChI is InChI=1S/C4H10N2O3.NO3/c1-5-3-2-4-9-6(7)8;2-1(3)4/h5H,2-4H2,1H3;/q;-1/p+1. The first kappa shape index (κ1) is 13.9. The Hall–Kier alpha value is -1.64. The molecule has 0 amide bonds. The Kier molecular flexibility index (Phi) is 11.1. The summed E-state index contributed by atoms with van der Waals surface area (Å²) >= 11 is 0. The molecule has 78 valence electrons. The maximum Gasteiger partial charge on any atom is 0.294 e. The Morgan fingerprint density at radius 2 is 1.77 bits per heavy atom. The van der Waals surface area contributed by atoms with Gasteiger partial charge in [0, 0.05) is 6.42 Å². The minimum Gasteiger partial charge on any atom is -0.356 e. The molecule has 2 N–H and O–H groups in total. The van der Waals surface area contributed by atoms with Gasteiger partial charge in [-0.25, -0.2) is 0 Å². The van der Waals surface area contributed by atoms with Crippen LogP contribution in [0.2, 0.25) is 0 Å². The lowest BCUT2D eigenvalue weighted by atomic mass is 10.5. The fourth-order valence-corrected chi connectivity index (χ4v) is 0.427. The van der Waals surface area contributed by atoms with Crippen molar-refractivity contribution >= 4 is 0 Å². The van der Waals surface area contributed by atoms with Crippen molar-refractivity contribution in [2.24, 2.45) is 0 Å². The average molecular weight is 197 g/mol. The highest BCUT2D eigenvalue weighted by molar-refractivity contribution is 4.24. The Labute approximate surface area is 73.5 Å². The molecule has 0 unspecified atom stereocenters. The molecule has 0 aliphatic heterocycles. The third kappa shape index (κ3) is 38.1. The van der Waals surface area contributed by atoms with E-state index in [0.29, 0.717) is 0 Å². The zero-order chi connectivity index (χ0) is 10.7. The summed E-state index contributed by atoms with van der Waals surface area (Å²) in [5.74, 6) is 0. The average Bonchev–Trinajstić information content (AvgIpc) is 1.97. The minimum atomic E-state index is -1.75. The number of nitrogens with two attached hydrogens (primary N) is 1. The van der Waals surface area contributed by atoms with Crippen LogP contribution in [0.15, 0.2) is 0 Å². The number of hydrogen-bond acceptors (Lipinski definition) is 6. The lowest BCUT2D eigenvalue weighted by molar-refractivity contribution is -0.759. The quantitative estimate of drug-likeness (QED) is 0.325. The molecule has 0 heterocycles. The van der Waals surface area contributed by atoms with E-state index in [1.807, 2.05) is 12.4 Å². The van der Waals surface area contributed by atoms with Gasteiger partial charge in [0.05, 0.1) is 18.7 Å². The number of hydrogen-bond donors (Lipinski definition) is 1. The molecule has 0 atom stereocenters. The van der Waals surface area contributed by atoms with Crippen molar-refractivity contribution in [3.63, 3.8) is 0 Å². The third-order valence-electron chi connectivity index (χ3n) is 0.834. The fourth-order valence-electron chi connectivity index (χ4n) is 0.427. The summed E-state index contributed by atoms with van der Waals surface area (Å²) in [5.41, 5.74) is 0. The Bertz CT molecular complexity index is 147. The summed E-state index contributed by atoms with van der Waals surface area (Å²) in [7, 11) is 1.91. The molecular formula is C4H11N3O6. The third-order valence-corrected chi connectivity index (χ3v) is 0.834. The van der Waals surface area contributed by atoms with Crippen molar-refractivity contribution in [3.8, 4) is 0 Å². The molecule has 0 saturated heterocycles. The molecular weight excluding hydrogens is 186 g/mol. The van der Waals surface area contributed by atoms with Crippen LogP contribution in [0.25, 0.3) is 0 Å². The van der Waals surface area contributed by atoms with Crippen LogP contribution in [0.1, 0.15) is 6.42 Å². The second-order valence-corrected chi connectivity index (χ2v) is 1.83. The number of quaternary nitrogens is 1. The fraction of sp³-hybridized carbons (Fsp3) is 1.00. The van der Waals surface area contributed by atoms with E-state index in [0.717, 1.165) is 13.0 Å². The maximum absolute atomic E-state index is 9.54. The maximum atomic E-state index is 9.54. The second kappa shape index (κ2) is 10.4. The van der Waals surface area contributed by atoms with E-state index in [4.69, 9.17) is 15.3 Å². The van der Waals surface area contributed by atoms with Crippen molar-refractivity contribution < 1.29 is 20.3 Å². The zero-order valence-electron chi connectivity index (χ0n) is 7.04. The van der Waals surface area contributed by atoms with Crippen LogP contribution >= 0.6 is 0 Å². The Morgan fingerprint density at radius 3 is 2.08 bits per heavy atom. The molecule has 0 saturated carbocycles. The van der Waals surface area contributed by atoms with Crippen molar-refractivity contribution in [1.29, 1.82) is 0 Å². The first-order valence-electron chi connectivity index (χ1n) is 3.37. The lowest BCUT2D eigenvalue weighted by Crippen LogP contribution is -2.79. The van der Waals surface area contributed by atoms with Gasteiger partial charge in [0.2, 0.25) is 0 Å². The predicted molar refractivity (Wildman–Crippen MR) is 40.6 cm³/mol. The van der Waals surface area contributed by atoms with Gasteiger partial charge in [-0.1, -0.05) is 0 Å². The van der Waals surface area contributed by atoms with Crippen LogP contribution in [-0.2, 0) is 4.84 Å². The molecule has 0 aromatic rings. The van der Waals surface area contributed by atoms with Crippen LogP contribution in [0.3, 0.4) is 0 Å². The van der Waals surface area contributed by atoms with E-state index in [1.165, 1.54) is 0 Å². The number of nitrogens with zero attached hydrogens (tertiary/aromatic N) is 2. The van der Waals surface area contributed by atoms with Gasteiger partial charge in [-0.3, -0.25) is 0 Å². The molecule has 0 aliphatic carbocycles. The summed E-state index contributed by atoms with van der Waals surface area (Å²) in [6.07, 6.45) is 0.720. The normalized spacial score (nSPS) is 8.08. The summed E-state index contributed by atoms with van der Waals surface area (Å²) in [6.45, 7) is 1.07. The first-order valence-corrected chi connectivity index (χ1v) is 3.37. The predicted octanol–water partition coefficient (Wildman–Crippen LogP) is -1.46. The Balaban J connectivity index is 0. The SMILES string of the molecule is C[NH2+]CCCO[N+](=O)[O-].O=[N+]([O-])[O-]. The van der Waals surface area contributed by atoms with E-state index < -0.39 is 10.2 Å². The smallest absolute Gasteiger partial charge is 0.294 e. The summed E-state index contributed by atoms with van der Waals surface area (Å²) in [6, 6.07) is 0. The molecule has 0 aromatic heterocycles. The van der Waals surface area contributed by atoms with E-state index in [2.05, 4.69) is 4.84 Å². The van der Waals surface area contributed by atoms with Gasteiger partial charge < -0.3 is 25.5 Å². The van der Waals surface area contributed by atoms with Crippen molar-refractivity contribution in [3.05, 3.63) is 25.4 Å². The van der Waals surface area contributed by atoms with E-state index in [1.54, 1.807) is 0 Å². The van der Waals surface area contributed by atoms with Crippen molar-refractivity contribution in [2.75, 3.05) is 20.2 Å². The van der Waals surface area contributed by atoms with Crippen molar-refractivity contribution in [2.45, 2.75) is 6.42 Å². The summed E-state index contributed by atoms with van der Waals surface area (Å²) in [4.78, 5) is 21.8. The molecule has 0 fully saturated rings. The molecule has 0 aliphatic rings. The highest BCUT2D eigenvalue weighted by Gasteiger charge is 1.92. The van der Waals surface area contributed by atoms with Gasteiger partial charge in [-0.15, -0.1) is 10.1 Å². The van der Waals surface area contributed by atoms with Crippen molar-refractivity contribution in [1.82, 2.24) is 0 Å². The van der Waals surface area contributed by atoms with Gasteiger partial charge in [-0.2, -0.15) is 0 Å². The van der Waals surface area contributed by atoms with Crippen LogP contribution in [0.5, 0.6) is 0 Å². The van der Waals surface area contributed by atoms with E-state index >= 15 is 0 Å². The number of rotatable bonds is 5. The van der Waals surface area contributed by atoms with Gasteiger partial charge in [0.25, 0.3) is 5.09 Å². The molecule has 0 bridgehead atoms. The minimum absolute atomic E-state index is 0.206. The van der Waals surface area contributed by atoms with Gasteiger partial charge in [0.1, 0.15) is 6.61 Å². The van der Waals surface area contributed by atoms with Crippen LogP contribution in [0.4, 0.5) is 0 Å². The van der Waals surface area contributed by atoms with E-state index in [-0.39, 0.29) is 6.61 Å². The van der Waals surface area contributed by atoms with Gasteiger partial charge >= 0.3 is 0 Å². The molecule has 0 aromatic carbocycles. The topological polar surface area (TPSA) is 135 Å². The monoisotopic (exact) mass is 197 g/mol. The highest BCUT2D eigenvalue weighted by atomic mass is 16.9. The first-order chi connectivity index (χ1) is 6.00. The van der Waals surface area contributed by atoms with Gasteiger partial charge in [0.15, 0.2) is 0 Å². The molecule has 9 nitrogen and oxygen atoms in total. The summed E-state index contributed by atoms with van der Waals surface area (Å²) < 4.78 is 0. The molecule has 0 spiro atoms. The summed E-state index contributed by atoms with van der Waals surface area (Å²) in [5, 5.41) is 25.5. The lowest BCUT2D eigenvalue weighted by Gasteiger charge is -1.94. The Morgan fingerprint density at radius 1 is 1.31 bits per heavy atom. The molecule has 0 radical (unpaired) electrons. The second-order valence-electron chi connectivity index (χ2n) is 1.83. The molecule has 0 rings (SSSR count). The largest absolute Gasteiger partial charge is 0.356 e. The van der Waals surface area contributed by atoms with Crippen LogP contribution in [-0.4, -0.2) is 30.4 Å².